The van der Waals surface area contributed by atoms with Gasteiger partial charge in [-0.05, 0) is 24.3 Å². The van der Waals surface area contributed by atoms with E-state index < -0.39 is 48.9 Å². The van der Waals surface area contributed by atoms with Crippen LogP contribution in [0.15, 0.2) is 36.4 Å². The number of rotatable bonds is 5. The van der Waals surface area contributed by atoms with Crippen molar-refractivity contribution in [2.24, 2.45) is 0 Å². The second-order valence-electron chi connectivity index (χ2n) is 7.80. The molecule has 2 aromatic carbocycles. The number of carbonyl (C=O) groups excluding carboxylic acids is 3. The highest BCUT2D eigenvalue weighted by atomic mass is 16.7. The Morgan fingerprint density at radius 1 is 1.06 bits per heavy atom. The maximum Gasteiger partial charge on any atom is 0.229 e. The molecule has 1 fully saturated rings. The number of aliphatic hydroxyl groups excluding tert-OH is 3. The number of amides is 1. The van der Waals surface area contributed by atoms with Gasteiger partial charge < -0.3 is 34.8 Å². The van der Waals surface area contributed by atoms with E-state index in [1.165, 1.54) is 38.3 Å². The van der Waals surface area contributed by atoms with Crippen molar-refractivity contribution in [3.8, 4) is 5.75 Å². The van der Waals surface area contributed by atoms with Gasteiger partial charge in [-0.2, -0.15) is 0 Å². The Morgan fingerprint density at radius 3 is 2.48 bits per heavy atom. The molecule has 0 radical (unpaired) electrons. The topological polar surface area (TPSA) is 152 Å². The fourth-order valence-corrected chi connectivity index (χ4v) is 4.12. The highest BCUT2D eigenvalue weighted by Gasteiger charge is 2.46. The summed E-state index contributed by atoms with van der Waals surface area (Å²) in [6, 6.07) is 8.79. The fraction of sp³-hybridized carbons (Fsp3) is 0.348. The standard InChI is InChI=1S/C23H23NO9/c1-10(26)24-15-5-3-4-13-17(15)19(28)12-7-6-11(8-14(12)18(13)27)32-23-21(30)20(29)22(31-2)16(9-25)33-23/h3-8,16,20-23,25,29-30H,9H2,1-2H3,(H,24,26)/t16-,20-,21-,22-,23-/m1/s1. The first-order valence-corrected chi connectivity index (χ1v) is 10.2. The summed E-state index contributed by atoms with van der Waals surface area (Å²) in [5.41, 5.74) is 0.729. The fourth-order valence-electron chi connectivity index (χ4n) is 4.12. The van der Waals surface area contributed by atoms with Gasteiger partial charge in [0.25, 0.3) is 0 Å². The van der Waals surface area contributed by atoms with Gasteiger partial charge in [0, 0.05) is 30.7 Å². The zero-order valence-corrected chi connectivity index (χ0v) is 17.8. The van der Waals surface area contributed by atoms with Gasteiger partial charge in [-0.25, -0.2) is 0 Å². The summed E-state index contributed by atoms with van der Waals surface area (Å²) < 4.78 is 16.3. The number of anilines is 1. The van der Waals surface area contributed by atoms with Crippen LogP contribution in [0.5, 0.6) is 5.75 Å². The predicted molar refractivity (Wildman–Crippen MR) is 113 cm³/mol. The quantitative estimate of drug-likeness (QED) is 0.423. The van der Waals surface area contributed by atoms with Crippen molar-refractivity contribution in [2.45, 2.75) is 37.6 Å². The van der Waals surface area contributed by atoms with Gasteiger partial charge in [0.05, 0.1) is 17.9 Å². The molecule has 10 heteroatoms. The molecule has 1 heterocycles. The Labute approximate surface area is 188 Å². The minimum absolute atomic E-state index is 0.0873. The van der Waals surface area contributed by atoms with Crippen LogP contribution in [-0.2, 0) is 14.3 Å². The number of aliphatic hydroxyl groups is 3. The SMILES string of the molecule is CO[C@H]1[C@H](O)[C@@H](O)[C@H](Oc2ccc3c(c2)C(=O)c2cccc(NC(C)=O)c2C3=O)O[C@@H]1CO. The van der Waals surface area contributed by atoms with E-state index in [9.17, 15) is 29.7 Å². The average Bonchev–Trinajstić information content (AvgIpc) is 2.79. The highest BCUT2D eigenvalue weighted by Crippen LogP contribution is 2.34. The lowest BCUT2D eigenvalue weighted by atomic mass is 9.83. The molecule has 33 heavy (non-hydrogen) atoms. The van der Waals surface area contributed by atoms with Crippen LogP contribution in [0, 0.1) is 0 Å². The minimum atomic E-state index is -1.49. The van der Waals surface area contributed by atoms with E-state index in [0.29, 0.717) is 0 Å². The van der Waals surface area contributed by atoms with Crippen LogP contribution in [0.1, 0.15) is 38.8 Å². The molecule has 0 spiro atoms. The van der Waals surface area contributed by atoms with Gasteiger partial charge >= 0.3 is 0 Å². The third-order valence-corrected chi connectivity index (χ3v) is 5.67. The molecule has 4 N–H and O–H groups in total. The molecule has 1 saturated heterocycles. The predicted octanol–water partition coefficient (Wildman–Crippen LogP) is 0.253. The molecule has 1 amide bonds. The van der Waals surface area contributed by atoms with E-state index in [2.05, 4.69) is 5.32 Å². The number of ketones is 2. The number of ether oxygens (including phenoxy) is 3. The Morgan fingerprint density at radius 2 is 1.82 bits per heavy atom. The second kappa shape index (κ2) is 9.00. The average molecular weight is 457 g/mol. The van der Waals surface area contributed by atoms with Crippen LogP contribution in [0.4, 0.5) is 5.69 Å². The normalized spacial score (nSPS) is 26.4. The third-order valence-electron chi connectivity index (χ3n) is 5.67. The Balaban J connectivity index is 1.64. The summed E-state index contributed by atoms with van der Waals surface area (Å²) in [4.78, 5) is 37.8. The summed E-state index contributed by atoms with van der Waals surface area (Å²) in [5, 5.41) is 32.7. The van der Waals surface area contributed by atoms with E-state index >= 15 is 0 Å². The molecule has 4 rings (SSSR count). The maximum absolute atomic E-state index is 13.1. The molecule has 1 aliphatic heterocycles. The van der Waals surface area contributed by atoms with E-state index in [-0.39, 0.29) is 39.6 Å². The van der Waals surface area contributed by atoms with Gasteiger partial charge in [-0.1, -0.05) is 12.1 Å². The number of benzene rings is 2. The molecule has 174 valence electrons. The number of hydrogen-bond donors (Lipinski definition) is 4. The number of hydrogen-bond acceptors (Lipinski definition) is 9. The number of methoxy groups -OCH3 is 1. The summed E-state index contributed by atoms with van der Waals surface area (Å²) in [6.07, 6.45) is -6.13. The van der Waals surface area contributed by atoms with Crippen LogP contribution < -0.4 is 10.1 Å². The molecule has 5 atom stereocenters. The van der Waals surface area contributed by atoms with Crippen molar-refractivity contribution < 1.29 is 43.9 Å². The first-order valence-electron chi connectivity index (χ1n) is 10.2. The van der Waals surface area contributed by atoms with Crippen LogP contribution >= 0.6 is 0 Å². The summed E-state index contributed by atoms with van der Waals surface area (Å²) in [5.74, 6) is -1.12. The van der Waals surface area contributed by atoms with Crippen molar-refractivity contribution >= 4 is 23.2 Å². The lowest BCUT2D eigenvalue weighted by molar-refractivity contribution is -0.281. The second-order valence-corrected chi connectivity index (χ2v) is 7.80. The minimum Gasteiger partial charge on any atom is -0.462 e. The molecule has 2 aliphatic rings. The van der Waals surface area contributed by atoms with E-state index in [1.807, 2.05) is 0 Å². The van der Waals surface area contributed by atoms with Crippen molar-refractivity contribution in [2.75, 3.05) is 19.0 Å². The van der Waals surface area contributed by atoms with Crippen molar-refractivity contribution in [3.63, 3.8) is 0 Å². The molecular weight excluding hydrogens is 434 g/mol. The van der Waals surface area contributed by atoms with Crippen LogP contribution in [0.2, 0.25) is 0 Å². The monoisotopic (exact) mass is 457 g/mol. The number of carbonyl (C=O) groups is 3. The Hall–Kier alpha value is -3.15. The molecule has 0 unspecified atom stereocenters. The smallest absolute Gasteiger partial charge is 0.229 e. The molecule has 1 aliphatic carbocycles. The zero-order valence-electron chi connectivity index (χ0n) is 17.8. The highest BCUT2D eigenvalue weighted by molar-refractivity contribution is 6.30. The number of fused-ring (bicyclic) bond motifs is 2. The van der Waals surface area contributed by atoms with Crippen LogP contribution in [0.25, 0.3) is 0 Å². The van der Waals surface area contributed by atoms with Gasteiger partial charge in [-0.15, -0.1) is 0 Å². The van der Waals surface area contributed by atoms with E-state index in [4.69, 9.17) is 14.2 Å². The molecule has 0 saturated carbocycles. The Bertz CT molecular complexity index is 1110. The van der Waals surface area contributed by atoms with Crippen molar-refractivity contribution in [1.29, 1.82) is 0 Å². The van der Waals surface area contributed by atoms with Crippen molar-refractivity contribution in [1.82, 2.24) is 0 Å². The Kier molecular flexibility index (Phi) is 6.28. The first-order chi connectivity index (χ1) is 15.8. The van der Waals surface area contributed by atoms with Gasteiger partial charge in [-0.3, -0.25) is 14.4 Å². The lowest BCUT2D eigenvalue weighted by Gasteiger charge is -2.41. The largest absolute Gasteiger partial charge is 0.462 e. The zero-order chi connectivity index (χ0) is 23.9. The van der Waals surface area contributed by atoms with Gasteiger partial charge in [0.1, 0.15) is 30.2 Å². The van der Waals surface area contributed by atoms with Crippen LogP contribution in [0.3, 0.4) is 0 Å². The molecule has 0 bridgehead atoms. The lowest BCUT2D eigenvalue weighted by Crippen LogP contribution is -2.60. The summed E-state index contributed by atoms with van der Waals surface area (Å²) in [6.45, 7) is 0.827. The van der Waals surface area contributed by atoms with Crippen LogP contribution in [-0.4, -0.2) is 77.2 Å². The number of nitrogens with one attached hydrogen (secondary N) is 1. The molecular formula is C23H23NO9. The third kappa shape index (κ3) is 4.03. The molecule has 2 aromatic rings. The van der Waals surface area contributed by atoms with Gasteiger partial charge in [0.2, 0.25) is 12.2 Å². The molecule has 10 nitrogen and oxygen atoms in total. The first kappa shape index (κ1) is 23.0. The van der Waals surface area contributed by atoms with Crippen molar-refractivity contribution in [3.05, 3.63) is 58.7 Å². The molecule has 0 aromatic heterocycles. The van der Waals surface area contributed by atoms with E-state index in [1.54, 1.807) is 12.1 Å². The van der Waals surface area contributed by atoms with E-state index in [0.717, 1.165) is 0 Å². The van der Waals surface area contributed by atoms with Gasteiger partial charge in [0.15, 0.2) is 11.6 Å². The summed E-state index contributed by atoms with van der Waals surface area (Å²) >= 11 is 0. The maximum atomic E-state index is 13.1. The summed E-state index contributed by atoms with van der Waals surface area (Å²) in [7, 11) is 1.31.